The number of aliphatic hydroxyl groups excluding tert-OH is 2. The third-order valence-corrected chi connectivity index (χ3v) is 1.08. The molecule has 0 aromatic heterocycles. The predicted molar refractivity (Wildman–Crippen MR) is 43.2 cm³/mol. The minimum Gasteiger partial charge on any atom is -0.479 e. The fourth-order valence-electron chi connectivity index (χ4n) is 0.151. The van der Waals surface area contributed by atoms with Crippen molar-refractivity contribution in [1.29, 1.82) is 0 Å². The number of rotatable bonds is 3. The molecule has 0 aliphatic carbocycles. The van der Waals surface area contributed by atoms with Crippen LogP contribution in [-0.2, 0) is 4.79 Å². The lowest BCUT2D eigenvalue weighted by Gasteiger charge is -2.14. The Kier molecular flexibility index (Phi) is 8.07. The van der Waals surface area contributed by atoms with Crippen LogP contribution in [0.5, 0.6) is 0 Å². The van der Waals surface area contributed by atoms with Crippen molar-refractivity contribution in [1.82, 2.24) is 0 Å². The summed E-state index contributed by atoms with van der Waals surface area (Å²) < 4.78 is 0. The van der Waals surface area contributed by atoms with E-state index in [1.807, 2.05) is 0 Å². The number of aliphatic carboxylic acids is 1. The van der Waals surface area contributed by atoms with Crippen LogP contribution in [0.25, 0.3) is 0 Å². The molecule has 74 valence electrons. The van der Waals surface area contributed by atoms with E-state index in [9.17, 15) is 4.79 Å². The quantitative estimate of drug-likeness (QED) is 0.321. The van der Waals surface area contributed by atoms with Gasteiger partial charge in [0.1, 0.15) is 0 Å². The molecular formula is C6H16N2O4. The third-order valence-electron chi connectivity index (χ3n) is 1.08. The summed E-state index contributed by atoms with van der Waals surface area (Å²) in [4.78, 5) is 10.0. The van der Waals surface area contributed by atoms with Gasteiger partial charge >= 0.3 is 5.97 Å². The van der Waals surface area contributed by atoms with E-state index in [4.69, 9.17) is 26.8 Å². The smallest absolute Gasteiger partial charge is 0.338 e. The maximum atomic E-state index is 10.0. The first kappa shape index (κ1) is 13.9. The number of carboxylic acids is 1. The molecular weight excluding hydrogens is 164 g/mol. The summed E-state index contributed by atoms with van der Waals surface area (Å²) in [6, 6.07) is 0. The Hall–Kier alpha value is -0.690. The lowest BCUT2D eigenvalue weighted by Crippen LogP contribution is -2.55. The third kappa shape index (κ3) is 7.42. The minimum atomic E-state index is -1.54. The average Bonchev–Trinajstić information content (AvgIpc) is 2.05. The summed E-state index contributed by atoms with van der Waals surface area (Å²) in [5.74, 6) is -1.17. The van der Waals surface area contributed by atoms with Crippen molar-refractivity contribution >= 4 is 5.97 Å². The van der Waals surface area contributed by atoms with Crippen LogP contribution in [0.1, 0.15) is 13.3 Å². The van der Waals surface area contributed by atoms with Crippen LogP contribution in [0, 0.1) is 0 Å². The maximum absolute atomic E-state index is 10.0. The highest BCUT2D eigenvalue weighted by Gasteiger charge is 2.25. The van der Waals surface area contributed by atoms with Gasteiger partial charge in [-0.05, 0) is 6.42 Å². The molecule has 0 spiro atoms. The molecule has 12 heavy (non-hydrogen) atoms. The van der Waals surface area contributed by atoms with Gasteiger partial charge in [0.25, 0.3) is 0 Å². The Morgan fingerprint density at radius 1 is 1.33 bits per heavy atom. The largest absolute Gasteiger partial charge is 0.479 e. The summed E-state index contributed by atoms with van der Waals surface area (Å²) in [6.45, 7) is 1.37. The van der Waals surface area contributed by atoms with Crippen LogP contribution in [0.15, 0.2) is 0 Å². The normalized spacial score (nSPS) is 10.1. The molecule has 0 aliphatic rings. The highest BCUT2D eigenvalue weighted by atomic mass is 16.4. The monoisotopic (exact) mass is 180 g/mol. The zero-order valence-electron chi connectivity index (χ0n) is 7.03. The van der Waals surface area contributed by atoms with Crippen LogP contribution in [0.3, 0.4) is 0 Å². The van der Waals surface area contributed by atoms with Gasteiger partial charge in [-0.2, -0.15) is 0 Å². The maximum Gasteiger partial charge on any atom is 0.338 e. The van der Waals surface area contributed by atoms with Gasteiger partial charge in [-0.1, -0.05) is 6.92 Å². The van der Waals surface area contributed by atoms with Gasteiger partial charge in [-0.15, -0.1) is 0 Å². The Morgan fingerprint density at radius 2 is 1.67 bits per heavy atom. The molecule has 0 unspecified atom stereocenters. The lowest BCUT2D eigenvalue weighted by atomic mass is 10.1. The Morgan fingerprint density at radius 3 is 1.67 bits per heavy atom. The molecule has 6 heteroatoms. The predicted octanol–water partition coefficient (Wildman–Crippen LogP) is -1.93. The molecule has 0 saturated carbocycles. The molecule has 6 nitrogen and oxygen atoms in total. The highest BCUT2D eigenvalue weighted by Crippen LogP contribution is 1.94. The van der Waals surface area contributed by atoms with E-state index >= 15 is 0 Å². The summed E-state index contributed by atoms with van der Waals surface area (Å²) >= 11 is 0. The van der Waals surface area contributed by atoms with Gasteiger partial charge in [0.05, 0.1) is 13.2 Å². The van der Waals surface area contributed by atoms with E-state index in [-0.39, 0.29) is 19.6 Å². The minimum absolute atomic E-state index is 0.125. The van der Waals surface area contributed by atoms with Crippen LogP contribution in [-0.4, -0.2) is 40.2 Å². The first-order valence-electron chi connectivity index (χ1n) is 3.45. The van der Waals surface area contributed by atoms with Gasteiger partial charge in [0.15, 0.2) is 5.66 Å². The zero-order valence-corrected chi connectivity index (χ0v) is 7.03. The van der Waals surface area contributed by atoms with Crippen molar-refractivity contribution < 1.29 is 20.1 Å². The number of aliphatic hydroxyl groups is 2. The van der Waals surface area contributed by atoms with Crippen molar-refractivity contribution in [2.75, 3.05) is 13.2 Å². The van der Waals surface area contributed by atoms with Crippen molar-refractivity contribution in [3.63, 3.8) is 0 Å². The van der Waals surface area contributed by atoms with E-state index in [0.717, 1.165) is 0 Å². The van der Waals surface area contributed by atoms with Crippen molar-refractivity contribution in [2.24, 2.45) is 11.5 Å². The van der Waals surface area contributed by atoms with Crippen molar-refractivity contribution in [3.05, 3.63) is 0 Å². The van der Waals surface area contributed by atoms with Crippen LogP contribution < -0.4 is 11.5 Å². The molecule has 0 rings (SSSR count). The fourth-order valence-corrected chi connectivity index (χ4v) is 0.151. The second-order valence-corrected chi connectivity index (χ2v) is 2.15. The van der Waals surface area contributed by atoms with Crippen LogP contribution in [0.2, 0.25) is 0 Å². The Labute approximate surface area is 70.8 Å². The van der Waals surface area contributed by atoms with E-state index < -0.39 is 11.6 Å². The number of hydrogen-bond acceptors (Lipinski definition) is 5. The molecule has 0 saturated heterocycles. The van der Waals surface area contributed by atoms with Gasteiger partial charge in [0.2, 0.25) is 0 Å². The topological polar surface area (TPSA) is 130 Å². The summed E-state index contributed by atoms with van der Waals surface area (Å²) in [6.07, 6.45) is 0.238. The Bertz CT molecular complexity index is 125. The Balaban J connectivity index is 0. The summed E-state index contributed by atoms with van der Waals surface area (Å²) in [5, 5.41) is 23.4. The first-order chi connectivity index (χ1) is 5.42. The standard InChI is InChI=1S/C4H10N2O2.C2H6O2/c1-2-4(5,6)3(7)8;3-1-2-4/h2,5-6H2,1H3,(H,7,8);3-4H,1-2H2. The molecule has 7 N–H and O–H groups in total. The second kappa shape index (κ2) is 6.99. The van der Waals surface area contributed by atoms with Gasteiger partial charge in [0, 0.05) is 0 Å². The molecule has 0 heterocycles. The van der Waals surface area contributed by atoms with Gasteiger partial charge < -0.3 is 26.8 Å². The molecule has 0 atom stereocenters. The molecule has 0 fully saturated rings. The molecule has 0 aliphatic heterocycles. The van der Waals surface area contributed by atoms with Crippen LogP contribution >= 0.6 is 0 Å². The van der Waals surface area contributed by atoms with E-state index in [2.05, 4.69) is 0 Å². The van der Waals surface area contributed by atoms with Gasteiger partial charge in [-0.3, -0.25) is 0 Å². The summed E-state index contributed by atoms with van der Waals surface area (Å²) in [7, 11) is 0. The molecule has 0 radical (unpaired) electrons. The number of carbonyl (C=O) groups is 1. The average molecular weight is 180 g/mol. The molecule has 0 bridgehead atoms. The number of nitrogens with two attached hydrogens (primary N) is 2. The highest BCUT2D eigenvalue weighted by molar-refractivity contribution is 5.77. The zero-order chi connectivity index (χ0) is 10.2. The van der Waals surface area contributed by atoms with Crippen molar-refractivity contribution in [2.45, 2.75) is 19.0 Å². The second-order valence-electron chi connectivity index (χ2n) is 2.15. The van der Waals surface area contributed by atoms with Crippen molar-refractivity contribution in [3.8, 4) is 0 Å². The first-order valence-corrected chi connectivity index (χ1v) is 3.45. The molecule has 0 aromatic rings. The van der Waals surface area contributed by atoms with Crippen LogP contribution in [0.4, 0.5) is 0 Å². The number of carboxylic acid groups (broad SMARTS) is 1. The SMILES string of the molecule is CCC(N)(N)C(=O)O.OCCO. The van der Waals surface area contributed by atoms with E-state index in [0.29, 0.717) is 0 Å². The lowest BCUT2D eigenvalue weighted by molar-refractivity contribution is -0.143. The molecule has 0 amide bonds. The van der Waals surface area contributed by atoms with E-state index in [1.165, 1.54) is 0 Å². The number of hydrogen-bond donors (Lipinski definition) is 5. The fraction of sp³-hybridized carbons (Fsp3) is 0.833. The van der Waals surface area contributed by atoms with E-state index in [1.54, 1.807) is 6.92 Å². The molecule has 0 aromatic carbocycles. The summed E-state index contributed by atoms with van der Waals surface area (Å²) in [5.41, 5.74) is 8.53. The van der Waals surface area contributed by atoms with Gasteiger partial charge in [-0.25, -0.2) is 4.79 Å².